The third-order valence-corrected chi connectivity index (χ3v) is 3.36. The van der Waals surface area contributed by atoms with Crippen LogP contribution >= 0.6 is 28.1 Å². The monoisotopic (exact) mass is 381 g/mol. The first-order valence-electron chi connectivity index (χ1n) is 6.30. The lowest BCUT2D eigenvalue weighted by Crippen LogP contribution is -2.23. The predicted molar refractivity (Wildman–Crippen MR) is 92.4 cm³/mol. The lowest BCUT2D eigenvalue weighted by atomic mass is 10.2. The first-order chi connectivity index (χ1) is 10.5. The molecule has 2 aromatic carbocycles. The van der Waals surface area contributed by atoms with Gasteiger partial charge in [0.2, 0.25) is 0 Å². The van der Waals surface area contributed by atoms with Crippen LogP contribution in [-0.2, 0) is 6.61 Å². The van der Waals surface area contributed by atoms with Gasteiger partial charge in [0.15, 0.2) is 5.11 Å². The Labute approximate surface area is 141 Å². The number of nitrogens with zero attached hydrogens (tertiary/aromatic N) is 1. The number of ether oxygens (including phenoxy) is 1. The summed E-state index contributed by atoms with van der Waals surface area (Å²) in [5, 5.41) is 3.98. The minimum Gasteiger partial charge on any atom is -0.488 e. The van der Waals surface area contributed by atoms with Crippen LogP contribution in [0.4, 0.5) is 4.39 Å². The number of nitrogens with two attached hydrogens (primary N) is 1. The summed E-state index contributed by atoms with van der Waals surface area (Å²) in [6.07, 6.45) is 1.59. The molecule has 7 heteroatoms. The Balaban J connectivity index is 1.98. The summed E-state index contributed by atoms with van der Waals surface area (Å²) in [4.78, 5) is 0. The van der Waals surface area contributed by atoms with Crippen LogP contribution in [0.15, 0.2) is 52.0 Å². The van der Waals surface area contributed by atoms with E-state index in [1.807, 2.05) is 18.2 Å². The molecule has 0 saturated carbocycles. The molecule has 0 aromatic heterocycles. The van der Waals surface area contributed by atoms with Crippen molar-refractivity contribution in [3.63, 3.8) is 0 Å². The van der Waals surface area contributed by atoms with Gasteiger partial charge in [0.25, 0.3) is 0 Å². The maximum absolute atomic E-state index is 12.8. The van der Waals surface area contributed by atoms with Gasteiger partial charge in [0.05, 0.1) is 10.7 Å². The molecule has 0 spiro atoms. The smallest absolute Gasteiger partial charge is 0.184 e. The SMILES string of the molecule is NC(=S)N/N=C/c1ccc(OCc2ccc(F)cc2)c(Br)c1. The highest BCUT2D eigenvalue weighted by molar-refractivity contribution is 9.10. The Morgan fingerprint density at radius 1 is 1.32 bits per heavy atom. The Kier molecular flexibility index (Phi) is 5.85. The molecule has 114 valence electrons. The van der Waals surface area contributed by atoms with Crippen LogP contribution in [0, 0.1) is 5.82 Å². The molecule has 2 aromatic rings. The third-order valence-electron chi connectivity index (χ3n) is 2.65. The van der Waals surface area contributed by atoms with Gasteiger partial charge < -0.3 is 10.5 Å². The second-order valence-electron chi connectivity index (χ2n) is 4.34. The number of halogens is 2. The minimum absolute atomic E-state index is 0.106. The highest BCUT2D eigenvalue weighted by Gasteiger charge is 2.03. The first kappa shape index (κ1) is 16.4. The summed E-state index contributed by atoms with van der Waals surface area (Å²) < 4.78 is 19.3. The van der Waals surface area contributed by atoms with Crippen LogP contribution in [0.5, 0.6) is 5.75 Å². The fraction of sp³-hybridized carbons (Fsp3) is 0.0667. The Hall–Kier alpha value is -1.99. The van der Waals surface area contributed by atoms with Gasteiger partial charge in [-0.15, -0.1) is 0 Å². The van der Waals surface area contributed by atoms with Crippen LogP contribution in [0.1, 0.15) is 11.1 Å². The van der Waals surface area contributed by atoms with Crippen molar-refractivity contribution in [2.75, 3.05) is 0 Å². The van der Waals surface area contributed by atoms with Crippen LogP contribution < -0.4 is 15.9 Å². The number of thiocarbonyl (C=S) groups is 1. The minimum atomic E-state index is -0.265. The highest BCUT2D eigenvalue weighted by Crippen LogP contribution is 2.26. The molecule has 0 amide bonds. The van der Waals surface area contributed by atoms with Crippen LogP contribution in [-0.4, -0.2) is 11.3 Å². The second-order valence-corrected chi connectivity index (χ2v) is 5.63. The number of benzene rings is 2. The average Bonchev–Trinajstić information content (AvgIpc) is 2.48. The maximum atomic E-state index is 12.8. The fourth-order valence-electron chi connectivity index (χ4n) is 1.63. The Morgan fingerprint density at radius 2 is 2.05 bits per heavy atom. The number of hydrogen-bond acceptors (Lipinski definition) is 3. The molecule has 0 heterocycles. The standard InChI is InChI=1S/C15H13BrFN3OS/c16-13-7-11(8-19-20-15(18)22)3-6-14(13)21-9-10-1-4-12(17)5-2-10/h1-8H,9H2,(H3,18,20,22)/b19-8+. The lowest BCUT2D eigenvalue weighted by molar-refractivity contribution is 0.304. The van der Waals surface area contributed by atoms with E-state index in [0.29, 0.717) is 12.4 Å². The van der Waals surface area contributed by atoms with E-state index >= 15 is 0 Å². The van der Waals surface area contributed by atoms with E-state index in [1.165, 1.54) is 12.1 Å². The molecule has 22 heavy (non-hydrogen) atoms. The van der Waals surface area contributed by atoms with Crippen LogP contribution in [0.25, 0.3) is 0 Å². The van der Waals surface area contributed by atoms with Crippen molar-refractivity contribution >= 4 is 39.5 Å². The second kappa shape index (κ2) is 7.86. The van der Waals surface area contributed by atoms with Crippen molar-refractivity contribution < 1.29 is 9.13 Å². The molecule has 4 nitrogen and oxygen atoms in total. The summed E-state index contributed by atoms with van der Waals surface area (Å²) in [6, 6.07) is 11.7. The first-order valence-corrected chi connectivity index (χ1v) is 7.50. The topological polar surface area (TPSA) is 59.6 Å². The fourth-order valence-corrected chi connectivity index (χ4v) is 2.19. The van der Waals surface area contributed by atoms with E-state index < -0.39 is 0 Å². The van der Waals surface area contributed by atoms with Crippen LogP contribution in [0.3, 0.4) is 0 Å². The largest absolute Gasteiger partial charge is 0.488 e. The Bertz CT molecular complexity index is 692. The van der Waals surface area contributed by atoms with E-state index in [9.17, 15) is 4.39 Å². The number of hydrazone groups is 1. The van der Waals surface area contributed by atoms with Gasteiger partial charge in [-0.25, -0.2) is 4.39 Å². The zero-order chi connectivity index (χ0) is 15.9. The zero-order valence-electron chi connectivity index (χ0n) is 11.4. The molecule has 0 saturated heterocycles. The lowest BCUT2D eigenvalue weighted by Gasteiger charge is -2.09. The molecular weight excluding hydrogens is 369 g/mol. The molecule has 0 aliphatic rings. The highest BCUT2D eigenvalue weighted by atomic mass is 79.9. The van der Waals surface area contributed by atoms with Crippen molar-refractivity contribution in [2.24, 2.45) is 10.8 Å². The van der Waals surface area contributed by atoms with Crippen molar-refractivity contribution in [3.05, 3.63) is 63.9 Å². The molecule has 2 rings (SSSR count). The molecular formula is C15H13BrFN3OS. The van der Waals surface area contributed by atoms with Gasteiger partial charge in [-0.2, -0.15) is 5.10 Å². The van der Waals surface area contributed by atoms with Gasteiger partial charge in [0, 0.05) is 0 Å². The average molecular weight is 382 g/mol. The predicted octanol–water partition coefficient (Wildman–Crippen LogP) is 3.33. The zero-order valence-corrected chi connectivity index (χ0v) is 13.8. The van der Waals surface area contributed by atoms with Crippen molar-refractivity contribution in [3.8, 4) is 5.75 Å². The summed E-state index contributed by atoms with van der Waals surface area (Å²) >= 11 is 8.08. The number of rotatable bonds is 5. The molecule has 0 unspecified atom stereocenters. The summed E-state index contributed by atoms with van der Waals surface area (Å²) in [7, 11) is 0. The van der Waals surface area contributed by atoms with Gasteiger partial charge in [0.1, 0.15) is 18.2 Å². The quantitative estimate of drug-likeness (QED) is 0.473. The van der Waals surface area contributed by atoms with E-state index in [-0.39, 0.29) is 10.9 Å². The van der Waals surface area contributed by atoms with E-state index in [4.69, 9.17) is 10.5 Å². The molecule has 3 N–H and O–H groups in total. The molecule has 0 aliphatic heterocycles. The van der Waals surface area contributed by atoms with Crippen molar-refractivity contribution in [1.82, 2.24) is 5.43 Å². The number of hydrogen-bond donors (Lipinski definition) is 2. The summed E-state index contributed by atoms with van der Waals surface area (Å²) in [5.41, 5.74) is 9.49. The summed E-state index contributed by atoms with van der Waals surface area (Å²) in [6.45, 7) is 0.356. The van der Waals surface area contributed by atoms with Gasteiger partial charge in [-0.05, 0) is 69.6 Å². The Morgan fingerprint density at radius 3 is 2.68 bits per heavy atom. The number of nitrogens with one attached hydrogen (secondary N) is 1. The van der Waals surface area contributed by atoms with Gasteiger partial charge >= 0.3 is 0 Å². The van der Waals surface area contributed by atoms with Crippen LogP contribution in [0.2, 0.25) is 0 Å². The van der Waals surface area contributed by atoms with E-state index in [2.05, 4.69) is 38.7 Å². The molecule has 0 fully saturated rings. The molecule has 0 radical (unpaired) electrons. The van der Waals surface area contributed by atoms with Gasteiger partial charge in [-0.3, -0.25) is 5.43 Å². The van der Waals surface area contributed by atoms with Crippen molar-refractivity contribution in [1.29, 1.82) is 0 Å². The van der Waals surface area contributed by atoms with Gasteiger partial charge in [-0.1, -0.05) is 12.1 Å². The maximum Gasteiger partial charge on any atom is 0.184 e. The third kappa shape index (κ3) is 5.09. The molecule has 0 bridgehead atoms. The molecule has 0 atom stereocenters. The van der Waals surface area contributed by atoms with E-state index in [1.54, 1.807) is 18.3 Å². The molecule has 0 aliphatic carbocycles. The summed E-state index contributed by atoms with van der Waals surface area (Å²) in [5.74, 6) is 0.419. The normalized spacial score (nSPS) is 10.6. The van der Waals surface area contributed by atoms with E-state index in [0.717, 1.165) is 15.6 Å². The van der Waals surface area contributed by atoms with Crippen molar-refractivity contribution in [2.45, 2.75) is 6.61 Å².